The molecule has 0 spiro atoms. The van der Waals surface area contributed by atoms with Crippen LogP contribution in [-0.2, 0) is 30.8 Å². The highest BCUT2D eigenvalue weighted by Gasteiger charge is 2.28. The van der Waals surface area contributed by atoms with Crippen LogP contribution in [0.3, 0.4) is 0 Å². The average molecular weight is 604 g/mol. The van der Waals surface area contributed by atoms with E-state index in [0.717, 1.165) is 5.56 Å². The molecule has 2 aromatic carbocycles. The SMILES string of the molecule is CCN(CC)S(=O)(=O)c1cc(NC(=O)[C@H](CCc2ccccc2)NC(=O)[C@@H](N)CC(=O)N(CCN)CCN)ccc1C. The number of carbonyl (C=O) groups excluding carboxylic acids is 3. The third-order valence-corrected chi connectivity index (χ3v) is 9.05. The molecule has 0 bridgehead atoms. The van der Waals surface area contributed by atoms with E-state index in [4.69, 9.17) is 17.2 Å². The van der Waals surface area contributed by atoms with Gasteiger partial charge in [-0.05, 0) is 43.0 Å². The van der Waals surface area contributed by atoms with Crippen molar-refractivity contribution >= 4 is 33.4 Å². The average Bonchev–Trinajstić information content (AvgIpc) is 2.96. The third kappa shape index (κ3) is 9.88. The molecule has 0 aromatic heterocycles. The maximum Gasteiger partial charge on any atom is 0.246 e. The fraction of sp³-hybridized carbons (Fsp3) is 0.483. The minimum absolute atomic E-state index is 0.0916. The molecule has 3 amide bonds. The first-order chi connectivity index (χ1) is 20.0. The number of amides is 3. The van der Waals surface area contributed by atoms with Crippen molar-refractivity contribution in [2.24, 2.45) is 17.2 Å². The zero-order valence-corrected chi connectivity index (χ0v) is 25.5. The first-order valence-electron chi connectivity index (χ1n) is 14.2. The van der Waals surface area contributed by atoms with Gasteiger partial charge < -0.3 is 32.7 Å². The van der Waals surface area contributed by atoms with Crippen LogP contribution in [0.4, 0.5) is 5.69 Å². The van der Waals surface area contributed by atoms with Crippen LogP contribution in [0.15, 0.2) is 53.4 Å². The van der Waals surface area contributed by atoms with Crippen LogP contribution < -0.4 is 27.8 Å². The highest BCUT2D eigenvalue weighted by Crippen LogP contribution is 2.24. The molecule has 0 heterocycles. The summed E-state index contributed by atoms with van der Waals surface area (Å²) in [6, 6.07) is 11.9. The Hall–Kier alpha value is -3.36. The van der Waals surface area contributed by atoms with E-state index >= 15 is 0 Å². The molecule has 0 saturated heterocycles. The van der Waals surface area contributed by atoms with Gasteiger partial charge in [0.05, 0.1) is 17.4 Å². The molecule has 8 N–H and O–H groups in total. The number of hydrogen-bond acceptors (Lipinski definition) is 8. The monoisotopic (exact) mass is 603 g/mol. The van der Waals surface area contributed by atoms with E-state index in [9.17, 15) is 22.8 Å². The molecule has 0 aliphatic rings. The Kier molecular flexibility index (Phi) is 14.0. The zero-order chi connectivity index (χ0) is 31.3. The Morgan fingerprint density at radius 1 is 0.929 bits per heavy atom. The van der Waals surface area contributed by atoms with E-state index in [0.29, 0.717) is 25.1 Å². The largest absolute Gasteiger partial charge is 0.343 e. The number of hydrogen-bond donors (Lipinski definition) is 5. The van der Waals surface area contributed by atoms with Gasteiger partial charge in [-0.3, -0.25) is 14.4 Å². The molecule has 0 unspecified atom stereocenters. The lowest BCUT2D eigenvalue weighted by Gasteiger charge is -2.24. The molecule has 2 aromatic rings. The summed E-state index contributed by atoms with van der Waals surface area (Å²) in [7, 11) is -3.77. The summed E-state index contributed by atoms with van der Waals surface area (Å²) in [5, 5.41) is 5.43. The van der Waals surface area contributed by atoms with Crippen LogP contribution >= 0.6 is 0 Å². The van der Waals surface area contributed by atoms with E-state index in [1.807, 2.05) is 30.3 Å². The molecule has 2 rings (SSSR count). The fourth-order valence-electron chi connectivity index (χ4n) is 4.47. The second-order valence-corrected chi connectivity index (χ2v) is 11.8. The molecule has 0 aliphatic carbocycles. The summed E-state index contributed by atoms with van der Waals surface area (Å²) in [5.74, 6) is -1.56. The van der Waals surface area contributed by atoms with Crippen molar-refractivity contribution in [3.05, 3.63) is 59.7 Å². The quantitative estimate of drug-likeness (QED) is 0.173. The Balaban J connectivity index is 2.25. The Morgan fingerprint density at radius 2 is 1.55 bits per heavy atom. The molecule has 0 saturated carbocycles. The number of carbonyl (C=O) groups is 3. The predicted octanol–water partition coefficient (Wildman–Crippen LogP) is 0.545. The van der Waals surface area contributed by atoms with E-state index in [-0.39, 0.29) is 55.5 Å². The van der Waals surface area contributed by atoms with Crippen molar-refractivity contribution in [1.82, 2.24) is 14.5 Å². The van der Waals surface area contributed by atoms with Crippen molar-refractivity contribution in [2.75, 3.05) is 44.6 Å². The number of benzene rings is 2. The number of nitrogens with one attached hydrogen (secondary N) is 2. The molecule has 0 radical (unpaired) electrons. The maximum atomic E-state index is 13.5. The van der Waals surface area contributed by atoms with E-state index in [1.54, 1.807) is 32.9 Å². The molecule has 0 fully saturated rings. The van der Waals surface area contributed by atoms with E-state index < -0.39 is 33.9 Å². The highest BCUT2D eigenvalue weighted by molar-refractivity contribution is 7.89. The topological polar surface area (TPSA) is 194 Å². The standard InChI is InChI=1S/C29H45N7O5S/c1-4-36(5-2)42(40,41)26-19-23(13-11-21(26)3)33-29(39)25(14-12-22-9-7-6-8-10-22)34-28(38)24(32)20-27(37)35(17-15-30)18-16-31/h6-11,13,19,24-25H,4-5,12,14-18,20,30-32H2,1-3H3,(H,33,39)(H,34,38)/t24-,25-/m0/s1. The molecule has 2 atom stereocenters. The zero-order valence-electron chi connectivity index (χ0n) is 24.7. The molecular formula is C29H45N7O5S. The summed E-state index contributed by atoms with van der Waals surface area (Å²) >= 11 is 0. The van der Waals surface area contributed by atoms with Gasteiger partial charge >= 0.3 is 0 Å². The van der Waals surface area contributed by atoms with E-state index in [1.165, 1.54) is 15.3 Å². The van der Waals surface area contributed by atoms with Gasteiger partial charge in [-0.2, -0.15) is 4.31 Å². The third-order valence-electron chi connectivity index (χ3n) is 6.86. The van der Waals surface area contributed by atoms with Crippen molar-refractivity contribution in [3.63, 3.8) is 0 Å². The fourth-order valence-corrected chi connectivity index (χ4v) is 6.18. The van der Waals surface area contributed by atoms with Gasteiger partial charge in [0.15, 0.2) is 0 Å². The summed E-state index contributed by atoms with van der Waals surface area (Å²) in [5.41, 5.74) is 19.0. The summed E-state index contributed by atoms with van der Waals surface area (Å²) in [4.78, 5) is 40.7. The molecule has 232 valence electrons. The summed E-state index contributed by atoms with van der Waals surface area (Å²) in [6.45, 7) is 6.88. The number of rotatable bonds is 17. The van der Waals surface area contributed by atoms with Gasteiger partial charge in [0.2, 0.25) is 27.7 Å². The lowest BCUT2D eigenvalue weighted by atomic mass is 10.0. The van der Waals surface area contributed by atoms with Crippen molar-refractivity contribution in [2.45, 2.75) is 57.0 Å². The Morgan fingerprint density at radius 3 is 2.12 bits per heavy atom. The molecule has 42 heavy (non-hydrogen) atoms. The highest BCUT2D eigenvalue weighted by atomic mass is 32.2. The summed E-state index contributed by atoms with van der Waals surface area (Å²) < 4.78 is 27.7. The smallest absolute Gasteiger partial charge is 0.246 e. The first kappa shape index (κ1) is 34.8. The predicted molar refractivity (Wildman–Crippen MR) is 164 cm³/mol. The molecular weight excluding hydrogens is 558 g/mol. The van der Waals surface area contributed by atoms with Crippen LogP contribution in [-0.4, -0.2) is 86.7 Å². The number of sulfonamides is 1. The molecule has 12 nitrogen and oxygen atoms in total. The van der Waals surface area contributed by atoms with Gasteiger partial charge in [0, 0.05) is 45.0 Å². The lowest BCUT2D eigenvalue weighted by Crippen LogP contribution is -2.52. The first-order valence-corrected chi connectivity index (χ1v) is 15.6. The van der Waals surface area contributed by atoms with Crippen molar-refractivity contribution in [3.8, 4) is 0 Å². The van der Waals surface area contributed by atoms with E-state index in [2.05, 4.69) is 10.6 Å². The van der Waals surface area contributed by atoms with Crippen LogP contribution in [0.5, 0.6) is 0 Å². The van der Waals surface area contributed by atoms with Gasteiger partial charge in [0.1, 0.15) is 6.04 Å². The van der Waals surface area contributed by atoms with Gasteiger partial charge in [-0.15, -0.1) is 0 Å². The van der Waals surface area contributed by atoms with Crippen LogP contribution in [0, 0.1) is 6.92 Å². The lowest BCUT2D eigenvalue weighted by molar-refractivity contribution is -0.134. The normalized spacial score (nSPS) is 12.9. The van der Waals surface area contributed by atoms with Gasteiger partial charge in [-0.25, -0.2) is 8.42 Å². The minimum Gasteiger partial charge on any atom is -0.343 e. The van der Waals surface area contributed by atoms with Gasteiger partial charge in [0.25, 0.3) is 0 Å². The van der Waals surface area contributed by atoms with Crippen LogP contribution in [0.25, 0.3) is 0 Å². The number of anilines is 1. The van der Waals surface area contributed by atoms with Crippen LogP contribution in [0.2, 0.25) is 0 Å². The number of nitrogens with zero attached hydrogens (tertiary/aromatic N) is 2. The number of aryl methyl sites for hydroxylation is 2. The summed E-state index contributed by atoms with van der Waals surface area (Å²) in [6.07, 6.45) is 0.443. The Labute approximate surface area is 249 Å². The second kappa shape index (κ2) is 16.9. The molecule has 13 heteroatoms. The van der Waals surface area contributed by atoms with Crippen LogP contribution in [0.1, 0.15) is 37.8 Å². The number of nitrogens with two attached hydrogens (primary N) is 3. The van der Waals surface area contributed by atoms with Crippen molar-refractivity contribution < 1.29 is 22.8 Å². The minimum atomic E-state index is -3.77. The maximum absolute atomic E-state index is 13.5. The van der Waals surface area contributed by atoms with Crippen molar-refractivity contribution in [1.29, 1.82) is 0 Å². The Bertz CT molecular complexity index is 1280. The van der Waals surface area contributed by atoms with Gasteiger partial charge in [-0.1, -0.05) is 50.2 Å². The molecule has 0 aliphatic heterocycles. The second-order valence-electron chi connectivity index (χ2n) is 9.91.